The average molecular weight is 195 g/mol. The van der Waals surface area contributed by atoms with E-state index in [-0.39, 0.29) is 0 Å². The standard InChI is InChI=1S/C8H7ClN4/c9-6-2-1-3-7(8(6)10)13-5-4-11-12-13/h1-5H,10H2. The van der Waals surface area contributed by atoms with Crippen LogP contribution in [0.15, 0.2) is 30.6 Å². The van der Waals surface area contributed by atoms with Gasteiger partial charge in [-0.3, -0.25) is 0 Å². The summed E-state index contributed by atoms with van der Waals surface area (Å²) in [4.78, 5) is 0. The maximum atomic E-state index is 5.84. The number of nitrogens with two attached hydrogens (primary N) is 1. The van der Waals surface area contributed by atoms with Crippen LogP contribution >= 0.6 is 11.6 Å². The molecule has 5 heteroatoms. The van der Waals surface area contributed by atoms with Crippen LogP contribution in [0.5, 0.6) is 0 Å². The Labute approximate surface area is 79.9 Å². The minimum absolute atomic E-state index is 0.509. The van der Waals surface area contributed by atoms with Crippen molar-refractivity contribution in [2.75, 3.05) is 5.73 Å². The third-order valence-electron chi connectivity index (χ3n) is 1.70. The van der Waals surface area contributed by atoms with E-state index < -0.39 is 0 Å². The lowest BCUT2D eigenvalue weighted by Gasteiger charge is -2.05. The van der Waals surface area contributed by atoms with E-state index >= 15 is 0 Å². The highest BCUT2D eigenvalue weighted by Crippen LogP contribution is 2.24. The molecule has 0 aliphatic heterocycles. The fourth-order valence-electron chi connectivity index (χ4n) is 1.06. The molecule has 0 aliphatic rings. The first-order valence-electron chi connectivity index (χ1n) is 3.70. The molecule has 0 atom stereocenters. The molecule has 1 aromatic carbocycles. The quantitative estimate of drug-likeness (QED) is 0.700. The van der Waals surface area contributed by atoms with Crippen LogP contribution in [-0.4, -0.2) is 15.0 Å². The van der Waals surface area contributed by atoms with Gasteiger partial charge in [-0.15, -0.1) is 5.10 Å². The molecule has 2 rings (SSSR count). The van der Waals surface area contributed by atoms with Gasteiger partial charge in [0.25, 0.3) is 0 Å². The molecule has 0 spiro atoms. The Balaban J connectivity index is 2.59. The van der Waals surface area contributed by atoms with Crippen LogP contribution in [0.1, 0.15) is 0 Å². The van der Waals surface area contributed by atoms with Crippen molar-refractivity contribution < 1.29 is 0 Å². The highest BCUT2D eigenvalue weighted by Gasteiger charge is 2.04. The van der Waals surface area contributed by atoms with Gasteiger partial charge in [0.05, 0.1) is 28.8 Å². The molecule has 1 aromatic heterocycles. The lowest BCUT2D eigenvalue weighted by Crippen LogP contribution is -2.00. The summed E-state index contributed by atoms with van der Waals surface area (Å²) in [5.41, 5.74) is 7.00. The predicted octanol–water partition coefficient (Wildman–Crippen LogP) is 1.50. The number of benzene rings is 1. The first kappa shape index (κ1) is 8.07. The number of aromatic nitrogens is 3. The number of hydrogen-bond acceptors (Lipinski definition) is 3. The van der Waals surface area contributed by atoms with Crippen molar-refractivity contribution in [2.45, 2.75) is 0 Å². The van der Waals surface area contributed by atoms with Crippen LogP contribution in [0.3, 0.4) is 0 Å². The van der Waals surface area contributed by atoms with Crippen molar-refractivity contribution in [2.24, 2.45) is 0 Å². The average Bonchev–Trinajstić information content (AvgIpc) is 2.62. The highest BCUT2D eigenvalue weighted by atomic mass is 35.5. The molecule has 13 heavy (non-hydrogen) atoms. The van der Waals surface area contributed by atoms with E-state index in [0.29, 0.717) is 10.7 Å². The van der Waals surface area contributed by atoms with Crippen LogP contribution < -0.4 is 5.73 Å². The van der Waals surface area contributed by atoms with E-state index in [4.69, 9.17) is 17.3 Å². The third-order valence-corrected chi connectivity index (χ3v) is 2.03. The number of nitrogen functional groups attached to an aromatic ring is 1. The molecule has 1 heterocycles. The second kappa shape index (κ2) is 3.06. The van der Waals surface area contributed by atoms with Crippen molar-refractivity contribution >= 4 is 17.3 Å². The zero-order valence-corrected chi connectivity index (χ0v) is 7.44. The van der Waals surface area contributed by atoms with Gasteiger partial charge in [0.15, 0.2) is 0 Å². The van der Waals surface area contributed by atoms with Gasteiger partial charge in [-0.25, -0.2) is 4.68 Å². The SMILES string of the molecule is Nc1c(Cl)cccc1-n1ccnn1. The fraction of sp³-hybridized carbons (Fsp3) is 0. The molecular formula is C8H7ClN4. The summed E-state index contributed by atoms with van der Waals surface area (Å²) in [7, 11) is 0. The van der Waals surface area contributed by atoms with Crippen molar-refractivity contribution in [3.63, 3.8) is 0 Å². The Morgan fingerprint density at radius 3 is 2.92 bits per heavy atom. The number of halogens is 1. The maximum Gasteiger partial charge on any atom is 0.0908 e. The molecular weight excluding hydrogens is 188 g/mol. The van der Waals surface area contributed by atoms with E-state index in [1.807, 2.05) is 12.1 Å². The number of para-hydroxylation sites is 1. The van der Waals surface area contributed by atoms with Crippen molar-refractivity contribution in [1.82, 2.24) is 15.0 Å². The van der Waals surface area contributed by atoms with Crippen LogP contribution in [0.25, 0.3) is 5.69 Å². The van der Waals surface area contributed by atoms with Crippen molar-refractivity contribution in [3.8, 4) is 5.69 Å². The second-order valence-corrected chi connectivity index (χ2v) is 2.93. The van der Waals surface area contributed by atoms with Gasteiger partial charge in [-0.1, -0.05) is 22.9 Å². The lowest BCUT2D eigenvalue weighted by molar-refractivity contribution is 0.805. The molecule has 2 N–H and O–H groups in total. The van der Waals surface area contributed by atoms with E-state index in [0.717, 1.165) is 5.69 Å². The fourth-order valence-corrected chi connectivity index (χ4v) is 1.23. The summed E-state index contributed by atoms with van der Waals surface area (Å²) in [5, 5.41) is 8.02. The van der Waals surface area contributed by atoms with E-state index in [1.54, 1.807) is 23.1 Å². The van der Waals surface area contributed by atoms with Crippen LogP contribution in [0.2, 0.25) is 5.02 Å². The van der Waals surface area contributed by atoms with Crippen LogP contribution in [0.4, 0.5) is 5.69 Å². The molecule has 0 radical (unpaired) electrons. The van der Waals surface area contributed by atoms with Crippen LogP contribution in [-0.2, 0) is 0 Å². The zero-order valence-electron chi connectivity index (χ0n) is 6.68. The van der Waals surface area contributed by atoms with Gasteiger partial charge in [-0.05, 0) is 12.1 Å². The summed E-state index contributed by atoms with van der Waals surface area (Å²) < 4.78 is 1.57. The first-order chi connectivity index (χ1) is 6.29. The summed E-state index contributed by atoms with van der Waals surface area (Å²) in [6, 6.07) is 5.38. The molecule has 0 saturated heterocycles. The Hall–Kier alpha value is -1.55. The Kier molecular flexibility index (Phi) is 1.90. The molecule has 0 bridgehead atoms. The Morgan fingerprint density at radius 2 is 2.23 bits per heavy atom. The van der Waals surface area contributed by atoms with Gasteiger partial charge in [0, 0.05) is 0 Å². The summed E-state index contributed by atoms with van der Waals surface area (Å²) in [5.74, 6) is 0. The first-order valence-corrected chi connectivity index (χ1v) is 4.07. The smallest absolute Gasteiger partial charge is 0.0908 e. The van der Waals surface area contributed by atoms with E-state index in [2.05, 4.69) is 10.3 Å². The van der Waals surface area contributed by atoms with Gasteiger partial charge < -0.3 is 5.73 Å². The molecule has 0 saturated carbocycles. The monoisotopic (exact) mass is 194 g/mol. The maximum absolute atomic E-state index is 5.84. The van der Waals surface area contributed by atoms with E-state index in [9.17, 15) is 0 Å². The molecule has 2 aromatic rings. The second-order valence-electron chi connectivity index (χ2n) is 2.52. The lowest BCUT2D eigenvalue weighted by atomic mass is 10.3. The van der Waals surface area contributed by atoms with Crippen molar-refractivity contribution in [3.05, 3.63) is 35.6 Å². The van der Waals surface area contributed by atoms with Gasteiger partial charge in [0.2, 0.25) is 0 Å². The molecule has 0 aliphatic carbocycles. The topological polar surface area (TPSA) is 56.7 Å². The minimum Gasteiger partial charge on any atom is -0.396 e. The van der Waals surface area contributed by atoms with Crippen molar-refractivity contribution in [1.29, 1.82) is 0 Å². The summed E-state index contributed by atoms with van der Waals surface area (Å²) in [6.45, 7) is 0. The molecule has 0 fully saturated rings. The van der Waals surface area contributed by atoms with Gasteiger partial charge in [0.1, 0.15) is 0 Å². The van der Waals surface area contributed by atoms with Crippen LogP contribution in [0, 0.1) is 0 Å². The Morgan fingerprint density at radius 1 is 1.38 bits per heavy atom. The molecule has 4 nitrogen and oxygen atoms in total. The summed E-state index contributed by atoms with van der Waals surface area (Å²) in [6.07, 6.45) is 3.29. The number of nitrogens with zero attached hydrogens (tertiary/aromatic N) is 3. The summed E-state index contributed by atoms with van der Waals surface area (Å²) >= 11 is 5.84. The molecule has 66 valence electrons. The normalized spacial score (nSPS) is 10.2. The number of anilines is 1. The van der Waals surface area contributed by atoms with Gasteiger partial charge >= 0.3 is 0 Å². The third kappa shape index (κ3) is 1.36. The number of rotatable bonds is 1. The predicted molar refractivity (Wildman–Crippen MR) is 50.8 cm³/mol. The molecule has 0 unspecified atom stereocenters. The Bertz CT molecular complexity index is 410. The largest absolute Gasteiger partial charge is 0.396 e. The minimum atomic E-state index is 0.509. The number of hydrogen-bond donors (Lipinski definition) is 1. The van der Waals surface area contributed by atoms with Gasteiger partial charge in [-0.2, -0.15) is 0 Å². The highest BCUT2D eigenvalue weighted by molar-refractivity contribution is 6.33. The zero-order chi connectivity index (χ0) is 9.26. The molecule has 0 amide bonds. The van der Waals surface area contributed by atoms with E-state index in [1.165, 1.54) is 0 Å².